The zero-order valence-electron chi connectivity index (χ0n) is 12.2. The first-order valence-corrected chi connectivity index (χ1v) is 6.54. The minimum Gasteiger partial charge on any atom is -0.398 e. The van der Waals surface area contributed by atoms with E-state index in [-0.39, 0.29) is 24.0 Å². The lowest BCUT2D eigenvalue weighted by atomic mass is 9.84. The van der Waals surface area contributed by atoms with Gasteiger partial charge in [-0.15, -0.1) is 0 Å². The summed E-state index contributed by atoms with van der Waals surface area (Å²) in [7, 11) is 0. The van der Waals surface area contributed by atoms with E-state index in [4.69, 9.17) is 10.8 Å². The summed E-state index contributed by atoms with van der Waals surface area (Å²) < 4.78 is 0. The molecule has 1 aromatic rings. The first-order valence-electron chi connectivity index (χ1n) is 6.54. The second-order valence-corrected chi connectivity index (χ2v) is 5.92. The normalized spacial score (nSPS) is 13.1. The Morgan fingerprint density at radius 2 is 2.05 bits per heavy atom. The zero-order chi connectivity index (χ0) is 14.6. The number of anilines is 1. The van der Waals surface area contributed by atoms with Crippen LogP contribution in [0.5, 0.6) is 0 Å². The number of rotatable bonds is 4. The Bertz CT molecular complexity index is 450. The number of carbonyl (C=O) groups is 1. The molecule has 1 atom stereocenters. The Balaban J connectivity index is 2.91. The van der Waals surface area contributed by atoms with Crippen molar-refractivity contribution in [1.29, 1.82) is 0 Å². The Morgan fingerprint density at radius 1 is 1.42 bits per heavy atom. The van der Waals surface area contributed by atoms with Crippen molar-refractivity contribution in [2.45, 2.75) is 40.2 Å². The maximum atomic E-state index is 12.3. The number of aliphatic hydroxyl groups excluding tert-OH is 1. The fourth-order valence-corrected chi connectivity index (χ4v) is 1.99. The summed E-state index contributed by atoms with van der Waals surface area (Å²) in [6, 6.07) is 5.24. The van der Waals surface area contributed by atoms with Crippen LogP contribution >= 0.6 is 0 Å². The van der Waals surface area contributed by atoms with Crippen LogP contribution in [-0.2, 0) is 0 Å². The van der Waals surface area contributed by atoms with Crippen LogP contribution in [0.4, 0.5) is 5.69 Å². The van der Waals surface area contributed by atoms with E-state index >= 15 is 0 Å². The van der Waals surface area contributed by atoms with Crippen LogP contribution in [0.1, 0.15) is 43.1 Å². The van der Waals surface area contributed by atoms with Crippen LogP contribution in [0.3, 0.4) is 0 Å². The van der Waals surface area contributed by atoms with E-state index in [0.717, 1.165) is 5.56 Å². The van der Waals surface area contributed by atoms with E-state index in [9.17, 15) is 4.79 Å². The summed E-state index contributed by atoms with van der Waals surface area (Å²) in [5.41, 5.74) is 7.70. The van der Waals surface area contributed by atoms with Crippen LogP contribution in [0.15, 0.2) is 18.2 Å². The Morgan fingerprint density at radius 3 is 2.58 bits per heavy atom. The number of carbonyl (C=O) groups excluding carboxylic acids is 1. The fraction of sp³-hybridized carbons (Fsp3) is 0.533. The van der Waals surface area contributed by atoms with E-state index in [2.05, 4.69) is 5.32 Å². The molecule has 0 spiro atoms. The highest BCUT2D eigenvalue weighted by atomic mass is 16.3. The lowest BCUT2D eigenvalue weighted by molar-refractivity contribution is 0.0884. The minimum absolute atomic E-state index is 0.0537. The smallest absolute Gasteiger partial charge is 0.251 e. The molecule has 4 heteroatoms. The van der Waals surface area contributed by atoms with Gasteiger partial charge in [0.05, 0.1) is 0 Å². The molecule has 1 rings (SSSR count). The van der Waals surface area contributed by atoms with Gasteiger partial charge in [-0.2, -0.15) is 0 Å². The third kappa shape index (κ3) is 3.96. The van der Waals surface area contributed by atoms with Crippen LogP contribution in [-0.4, -0.2) is 23.7 Å². The molecule has 1 unspecified atom stereocenters. The Hall–Kier alpha value is -1.55. The van der Waals surface area contributed by atoms with Gasteiger partial charge in [-0.05, 0) is 36.5 Å². The lowest BCUT2D eigenvalue weighted by Gasteiger charge is -2.31. The molecule has 1 amide bonds. The largest absolute Gasteiger partial charge is 0.398 e. The number of benzene rings is 1. The topological polar surface area (TPSA) is 75.4 Å². The number of aliphatic hydroxyl groups is 1. The van der Waals surface area contributed by atoms with Gasteiger partial charge >= 0.3 is 0 Å². The molecule has 4 nitrogen and oxygen atoms in total. The molecule has 0 aliphatic rings. The number of nitrogens with one attached hydrogen (secondary N) is 1. The average Bonchev–Trinajstić information content (AvgIpc) is 2.30. The van der Waals surface area contributed by atoms with Crippen LogP contribution in [0.25, 0.3) is 0 Å². The van der Waals surface area contributed by atoms with E-state index in [1.807, 2.05) is 27.7 Å². The highest BCUT2D eigenvalue weighted by Crippen LogP contribution is 2.23. The quantitative estimate of drug-likeness (QED) is 0.729. The third-order valence-corrected chi connectivity index (χ3v) is 3.39. The van der Waals surface area contributed by atoms with Gasteiger partial charge in [0.1, 0.15) is 0 Å². The fourth-order valence-electron chi connectivity index (χ4n) is 1.99. The molecule has 0 aliphatic carbocycles. The van der Waals surface area contributed by atoms with Crippen LogP contribution < -0.4 is 11.1 Å². The molecule has 106 valence electrons. The molecule has 0 aromatic heterocycles. The van der Waals surface area contributed by atoms with Crippen molar-refractivity contribution in [3.63, 3.8) is 0 Å². The average molecular weight is 264 g/mol. The van der Waals surface area contributed by atoms with Crippen molar-refractivity contribution >= 4 is 11.6 Å². The Kier molecular flexibility index (Phi) is 4.95. The number of amides is 1. The predicted molar refractivity (Wildman–Crippen MR) is 78.0 cm³/mol. The van der Waals surface area contributed by atoms with Gasteiger partial charge in [0, 0.05) is 23.9 Å². The van der Waals surface area contributed by atoms with Gasteiger partial charge in [0.25, 0.3) is 5.91 Å². The maximum absolute atomic E-state index is 12.3. The summed E-state index contributed by atoms with van der Waals surface area (Å²) in [5.74, 6) is -0.141. The van der Waals surface area contributed by atoms with Crippen molar-refractivity contribution in [2.75, 3.05) is 12.3 Å². The van der Waals surface area contributed by atoms with Gasteiger partial charge in [-0.3, -0.25) is 4.79 Å². The molecule has 0 fully saturated rings. The minimum atomic E-state index is -0.141. The van der Waals surface area contributed by atoms with Crippen molar-refractivity contribution in [3.8, 4) is 0 Å². The molecule has 0 aliphatic heterocycles. The van der Waals surface area contributed by atoms with E-state index in [1.165, 1.54) is 0 Å². The lowest BCUT2D eigenvalue weighted by Crippen LogP contribution is -2.44. The number of hydrogen-bond acceptors (Lipinski definition) is 3. The molecule has 0 saturated heterocycles. The van der Waals surface area contributed by atoms with Crippen molar-refractivity contribution in [3.05, 3.63) is 29.3 Å². The Labute approximate surface area is 115 Å². The second-order valence-electron chi connectivity index (χ2n) is 5.92. The zero-order valence-corrected chi connectivity index (χ0v) is 12.2. The summed E-state index contributed by atoms with van der Waals surface area (Å²) in [6.07, 6.45) is 0.538. The number of nitrogen functional groups attached to an aromatic ring is 1. The van der Waals surface area contributed by atoms with Gasteiger partial charge in [-0.1, -0.05) is 26.8 Å². The molecule has 1 aromatic carbocycles. The van der Waals surface area contributed by atoms with E-state index < -0.39 is 0 Å². The second kappa shape index (κ2) is 6.06. The number of nitrogens with two attached hydrogens (primary N) is 1. The van der Waals surface area contributed by atoms with Crippen molar-refractivity contribution in [2.24, 2.45) is 5.41 Å². The molecule has 0 saturated carbocycles. The van der Waals surface area contributed by atoms with Crippen molar-refractivity contribution in [1.82, 2.24) is 5.32 Å². The molecule has 0 bridgehead atoms. The SMILES string of the molecule is Cc1c(N)cccc1C(=O)NC(CCO)C(C)(C)C. The first kappa shape index (κ1) is 15.5. The highest BCUT2D eigenvalue weighted by molar-refractivity contribution is 5.97. The maximum Gasteiger partial charge on any atom is 0.251 e. The summed E-state index contributed by atoms with van der Waals surface area (Å²) in [6.45, 7) is 8.01. The van der Waals surface area contributed by atoms with Gasteiger partial charge in [-0.25, -0.2) is 0 Å². The molecule has 4 N–H and O–H groups in total. The predicted octanol–water partition coefficient (Wildman–Crippen LogP) is 2.10. The summed E-state index contributed by atoms with van der Waals surface area (Å²) >= 11 is 0. The summed E-state index contributed by atoms with van der Waals surface area (Å²) in [5, 5.41) is 12.1. The van der Waals surface area contributed by atoms with E-state index in [0.29, 0.717) is 17.7 Å². The van der Waals surface area contributed by atoms with Gasteiger partial charge in [0.2, 0.25) is 0 Å². The van der Waals surface area contributed by atoms with E-state index in [1.54, 1.807) is 18.2 Å². The third-order valence-electron chi connectivity index (χ3n) is 3.39. The summed E-state index contributed by atoms with van der Waals surface area (Å²) in [4.78, 5) is 12.3. The number of hydrogen-bond donors (Lipinski definition) is 3. The molecular weight excluding hydrogens is 240 g/mol. The van der Waals surface area contributed by atoms with Crippen LogP contribution in [0.2, 0.25) is 0 Å². The molecule has 0 heterocycles. The molecular formula is C15H24N2O2. The standard InChI is InChI=1S/C15H24N2O2/c1-10-11(6-5-7-12(10)16)14(19)17-13(8-9-18)15(2,3)4/h5-7,13,18H,8-9,16H2,1-4H3,(H,17,19). The van der Waals surface area contributed by atoms with Crippen molar-refractivity contribution < 1.29 is 9.90 Å². The molecule has 0 radical (unpaired) electrons. The van der Waals surface area contributed by atoms with Gasteiger partial charge < -0.3 is 16.2 Å². The van der Waals surface area contributed by atoms with Gasteiger partial charge in [0.15, 0.2) is 0 Å². The van der Waals surface area contributed by atoms with Crippen LogP contribution in [0, 0.1) is 12.3 Å². The highest BCUT2D eigenvalue weighted by Gasteiger charge is 2.26. The molecule has 19 heavy (non-hydrogen) atoms. The monoisotopic (exact) mass is 264 g/mol. The first-order chi connectivity index (χ1) is 8.77.